The lowest BCUT2D eigenvalue weighted by molar-refractivity contribution is -0.385. The molecule has 3 aromatic rings. The van der Waals surface area contributed by atoms with E-state index in [0.29, 0.717) is 4.90 Å². The lowest BCUT2D eigenvalue weighted by atomic mass is 10.1. The Balaban J connectivity index is 1.64. The summed E-state index contributed by atoms with van der Waals surface area (Å²) >= 11 is 13.3. The summed E-state index contributed by atoms with van der Waals surface area (Å²) in [6, 6.07) is 12.7. The van der Waals surface area contributed by atoms with Crippen molar-refractivity contribution in [2.24, 2.45) is 0 Å². The van der Waals surface area contributed by atoms with Crippen molar-refractivity contribution in [3.8, 4) is 0 Å². The second-order valence-corrected chi connectivity index (χ2v) is 11.6. The third-order valence-electron chi connectivity index (χ3n) is 5.33. The summed E-state index contributed by atoms with van der Waals surface area (Å²) in [6.07, 6.45) is 1.33. The number of nitrogens with zero attached hydrogens (tertiary/aromatic N) is 1. The first-order valence-electron chi connectivity index (χ1n) is 10.4. The number of ether oxygens (including phenoxy) is 1. The van der Waals surface area contributed by atoms with E-state index in [2.05, 4.69) is 10.1 Å². The molecule has 13 heteroatoms. The van der Waals surface area contributed by atoms with Crippen LogP contribution in [0.5, 0.6) is 0 Å². The molecule has 0 spiro atoms. The van der Waals surface area contributed by atoms with Crippen LogP contribution in [0.25, 0.3) is 6.08 Å². The molecule has 0 radical (unpaired) electrons. The molecule has 37 heavy (non-hydrogen) atoms. The third kappa shape index (κ3) is 5.64. The first kappa shape index (κ1) is 26.7. The number of hydrogen-bond acceptors (Lipinski definition) is 8. The van der Waals surface area contributed by atoms with Crippen LogP contribution in [0.3, 0.4) is 0 Å². The standard InChI is InChI=1S/C24H16Cl2N2O7S2/c1-35-24(30)14-6-5-13(20(9-14)28(31)32)10-22-23(29)27-19-11-15(7-8-21(19)36-22)37(33,34)12-16-17(25)3-2-4-18(16)26/h2-11H,12H2,1H3,(H,27,29)/b22-10-. The van der Waals surface area contributed by atoms with E-state index >= 15 is 0 Å². The number of methoxy groups -OCH3 is 1. The number of sulfone groups is 1. The molecule has 0 atom stereocenters. The average molecular weight is 579 g/mol. The van der Waals surface area contributed by atoms with Gasteiger partial charge in [0.25, 0.3) is 11.6 Å². The molecule has 4 rings (SSSR count). The molecule has 0 unspecified atom stereocenters. The Morgan fingerprint density at radius 1 is 1.14 bits per heavy atom. The third-order valence-corrected chi connectivity index (χ3v) is 8.78. The zero-order valence-electron chi connectivity index (χ0n) is 18.9. The second kappa shape index (κ2) is 10.5. The van der Waals surface area contributed by atoms with Gasteiger partial charge in [0, 0.05) is 26.6 Å². The van der Waals surface area contributed by atoms with Gasteiger partial charge in [-0.25, -0.2) is 13.2 Å². The second-order valence-electron chi connectivity index (χ2n) is 7.70. The van der Waals surface area contributed by atoms with Gasteiger partial charge in [-0.15, -0.1) is 0 Å². The van der Waals surface area contributed by atoms with Crippen LogP contribution in [0.1, 0.15) is 21.5 Å². The van der Waals surface area contributed by atoms with E-state index in [0.717, 1.165) is 24.9 Å². The van der Waals surface area contributed by atoms with E-state index in [4.69, 9.17) is 23.2 Å². The first-order chi connectivity index (χ1) is 17.5. The predicted molar refractivity (Wildman–Crippen MR) is 141 cm³/mol. The molecule has 0 bridgehead atoms. The van der Waals surface area contributed by atoms with E-state index in [1.807, 2.05) is 0 Å². The maximum Gasteiger partial charge on any atom is 0.338 e. The summed E-state index contributed by atoms with van der Waals surface area (Å²) in [6.45, 7) is 0. The maximum absolute atomic E-state index is 13.0. The molecule has 0 aliphatic carbocycles. The predicted octanol–water partition coefficient (Wildman–Crippen LogP) is 5.75. The van der Waals surface area contributed by atoms with Crippen LogP contribution in [0, 0.1) is 10.1 Å². The van der Waals surface area contributed by atoms with Crippen LogP contribution < -0.4 is 5.32 Å². The first-order valence-corrected chi connectivity index (χ1v) is 13.6. The Labute approximate surface area is 225 Å². The fourth-order valence-electron chi connectivity index (χ4n) is 3.49. The van der Waals surface area contributed by atoms with Crippen LogP contribution in [0.2, 0.25) is 10.0 Å². The number of fused-ring (bicyclic) bond motifs is 1. The number of carbonyl (C=O) groups is 2. The highest BCUT2D eigenvalue weighted by Gasteiger charge is 2.26. The van der Waals surface area contributed by atoms with Crippen LogP contribution in [0.15, 0.2) is 69.3 Å². The number of esters is 1. The van der Waals surface area contributed by atoms with Gasteiger partial charge in [0.2, 0.25) is 0 Å². The van der Waals surface area contributed by atoms with Gasteiger partial charge in [-0.3, -0.25) is 14.9 Å². The monoisotopic (exact) mass is 578 g/mol. The van der Waals surface area contributed by atoms with Gasteiger partial charge in [0.1, 0.15) is 0 Å². The Kier molecular flexibility index (Phi) is 7.60. The zero-order chi connectivity index (χ0) is 26.9. The number of amides is 1. The van der Waals surface area contributed by atoms with Gasteiger partial charge in [-0.2, -0.15) is 0 Å². The van der Waals surface area contributed by atoms with Crippen molar-refractivity contribution in [1.29, 1.82) is 0 Å². The van der Waals surface area contributed by atoms with Crippen LogP contribution >= 0.6 is 35.0 Å². The van der Waals surface area contributed by atoms with Crippen LogP contribution in [-0.4, -0.2) is 32.3 Å². The summed E-state index contributed by atoms with van der Waals surface area (Å²) in [4.78, 5) is 36.0. The molecule has 1 N–H and O–H groups in total. The van der Waals surface area contributed by atoms with Gasteiger partial charge in [0.15, 0.2) is 9.84 Å². The smallest absolute Gasteiger partial charge is 0.338 e. The van der Waals surface area contributed by atoms with Crippen LogP contribution in [0.4, 0.5) is 11.4 Å². The molecular formula is C24H16Cl2N2O7S2. The highest BCUT2D eigenvalue weighted by atomic mass is 35.5. The molecule has 0 aromatic heterocycles. The van der Waals surface area contributed by atoms with Crippen molar-refractivity contribution in [2.45, 2.75) is 15.5 Å². The number of hydrogen-bond donors (Lipinski definition) is 1. The fraction of sp³-hybridized carbons (Fsp3) is 0.0833. The minimum absolute atomic E-state index is 0.00531. The summed E-state index contributed by atoms with van der Waals surface area (Å²) in [5.74, 6) is -1.74. The van der Waals surface area contributed by atoms with E-state index in [1.165, 1.54) is 36.4 Å². The van der Waals surface area contributed by atoms with Crippen molar-refractivity contribution < 1.29 is 27.7 Å². The number of benzene rings is 3. The Morgan fingerprint density at radius 2 is 1.84 bits per heavy atom. The van der Waals surface area contributed by atoms with Crippen molar-refractivity contribution in [3.63, 3.8) is 0 Å². The number of nitrogens with one attached hydrogen (secondary N) is 1. The molecule has 0 fully saturated rings. The van der Waals surface area contributed by atoms with Crippen molar-refractivity contribution in [2.75, 3.05) is 12.4 Å². The number of anilines is 1. The Hall–Kier alpha value is -3.38. The highest BCUT2D eigenvalue weighted by molar-refractivity contribution is 8.04. The molecule has 3 aromatic carbocycles. The number of thioether (sulfide) groups is 1. The normalized spacial score (nSPS) is 14.1. The molecule has 9 nitrogen and oxygen atoms in total. The quantitative estimate of drug-likeness (QED) is 0.169. The molecule has 1 aliphatic rings. The summed E-state index contributed by atoms with van der Waals surface area (Å²) < 4.78 is 30.7. The largest absolute Gasteiger partial charge is 0.465 e. The Morgan fingerprint density at radius 3 is 2.49 bits per heavy atom. The van der Waals surface area contributed by atoms with Gasteiger partial charge < -0.3 is 10.1 Å². The van der Waals surface area contributed by atoms with Crippen LogP contribution in [-0.2, 0) is 25.1 Å². The minimum atomic E-state index is -3.86. The molecule has 1 aliphatic heterocycles. The summed E-state index contributed by atoms with van der Waals surface area (Å²) in [7, 11) is -2.70. The number of nitro benzene ring substituents is 1. The number of halogens is 2. The highest BCUT2D eigenvalue weighted by Crippen LogP contribution is 2.41. The number of rotatable bonds is 6. The molecule has 0 saturated heterocycles. The summed E-state index contributed by atoms with van der Waals surface area (Å²) in [5, 5.41) is 14.6. The maximum atomic E-state index is 13.0. The van der Waals surface area contributed by atoms with E-state index in [9.17, 15) is 28.1 Å². The molecule has 190 valence electrons. The number of carbonyl (C=O) groups excluding carboxylic acids is 2. The zero-order valence-corrected chi connectivity index (χ0v) is 22.0. The average Bonchev–Trinajstić information content (AvgIpc) is 2.86. The van der Waals surface area contributed by atoms with Gasteiger partial charge >= 0.3 is 5.97 Å². The molecule has 0 saturated carbocycles. The Bertz CT molecular complexity index is 1580. The fourth-order valence-corrected chi connectivity index (χ4v) is 6.53. The van der Waals surface area contributed by atoms with Crippen molar-refractivity contribution >= 4 is 74.1 Å². The summed E-state index contributed by atoms with van der Waals surface area (Å²) in [5.41, 5.74) is 0.263. The van der Waals surface area contributed by atoms with Gasteiger partial charge in [-0.1, -0.05) is 41.0 Å². The van der Waals surface area contributed by atoms with E-state index in [-0.39, 0.29) is 47.9 Å². The van der Waals surface area contributed by atoms with E-state index in [1.54, 1.807) is 18.2 Å². The van der Waals surface area contributed by atoms with Gasteiger partial charge in [-0.05, 0) is 48.5 Å². The lowest BCUT2D eigenvalue weighted by Crippen LogP contribution is -2.18. The topological polar surface area (TPSA) is 133 Å². The lowest BCUT2D eigenvalue weighted by Gasteiger charge is -2.19. The molecular weight excluding hydrogens is 563 g/mol. The van der Waals surface area contributed by atoms with Gasteiger partial charge in [0.05, 0.1) is 44.4 Å². The minimum Gasteiger partial charge on any atom is -0.465 e. The SMILES string of the molecule is COC(=O)c1ccc(/C=C2\Sc3ccc(S(=O)(=O)Cc4c(Cl)cccc4Cl)cc3NC2=O)c([N+](=O)[O-])c1. The molecule has 1 heterocycles. The van der Waals surface area contributed by atoms with Crippen molar-refractivity contribution in [3.05, 3.63) is 96.4 Å². The number of nitro groups is 1. The van der Waals surface area contributed by atoms with E-state index < -0.39 is 32.4 Å². The van der Waals surface area contributed by atoms with Crippen molar-refractivity contribution in [1.82, 2.24) is 0 Å². The molecule has 1 amide bonds.